The monoisotopic (exact) mass is 262 g/mol. The van der Waals surface area contributed by atoms with Crippen LogP contribution in [0.4, 0.5) is 0 Å². The Hall–Kier alpha value is -1.61. The second-order valence-electron chi connectivity index (χ2n) is 5.57. The molecule has 0 amide bonds. The van der Waals surface area contributed by atoms with E-state index >= 15 is 0 Å². The number of benzene rings is 1. The number of aliphatic hydroxyl groups is 1. The molecule has 3 heteroatoms. The highest BCUT2D eigenvalue weighted by molar-refractivity contribution is 5.89. The van der Waals surface area contributed by atoms with E-state index in [0.29, 0.717) is 12.8 Å². The number of esters is 1. The number of ether oxygens (including phenoxy) is 1. The summed E-state index contributed by atoms with van der Waals surface area (Å²) in [6.45, 7) is 8.99. The van der Waals surface area contributed by atoms with Crippen molar-refractivity contribution in [3.8, 4) is 0 Å². The lowest BCUT2D eigenvalue weighted by Crippen LogP contribution is -2.28. The molecule has 0 saturated carbocycles. The Morgan fingerprint density at radius 1 is 1.32 bits per heavy atom. The van der Waals surface area contributed by atoms with Crippen LogP contribution < -0.4 is 0 Å². The average molecular weight is 262 g/mol. The van der Waals surface area contributed by atoms with Gasteiger partial charge in [0, 0.05) is 0 Å². The number of rotatable bonds is 5. The van der Waals surface area contributed by atoms with Crippen LogP contribution in [0.3, 0.4) is 0 Å². The molecule has 0 radical (unpaired) electrons. The molecule has 1 atom stereocenters. The van der Waals surface area contributed by atoms with Gasteiger partial charge in [-0.25, -0.2) is 4.79 Å². The van der Waals surface area contributed by atoms with E-state index in [1.165, 1.54) is 0 Å². The van der Waals surface area contributed by atoms with Crippen LogP contribution in [0.1, 0.15) is 32.8 Å². The molecule has 0 aliphatic rings. The van der Waals surface area contributed by atoms with Crippen molar-refractivity contribution in [1.29, 1.82) is 0 Å². The molecule has 0 bridgehead atoms. The molecule has 0 heterocycles. The molecular formula is C16H22O3. The quantitative estimate of drug-likeness (QED) is 0.655. The Morgan fingerprint density at radius 3 is 2.42 bits per heavy atom. The molecule has 0 aromatic heterocycles. The standard InChI is InChI=1S/C16H22O3/c1-12(15(18)19-16(2,3)4)14(17)11-10-13-8-6-5-7-9-13/h5-9,14,17H,1,10-11H2,2-4H3. The van der Waals surface area contributed by atoms with Crippen molar-refractivity contribution in [1.82, 2.24) is 0 Å². The van der Waals surface area contributed by atoms with Crippen LogP contribution in [-0.4, -0.2) is 22.8 Å². The molecule has 1 unspecified atom stereocenters. The van der Waals surface area contributed by atoms with Crippen LogP contribution in [-0.2, 0) is 16.0 Å². The minimum Gasteiger partial charge on any atom is -0.457 e. The third kappa shape index (κ3) is 5.71. The van der Waals surface area contributed by atoms with Gasteiger partial charge in [-0.15, -0.1) is 0 Å². The topological polar surface area (TPSA) is 46.5 Å². The number of hydrogen-bond acceptors (Lipinski definition) is 3. The summed E-state index contributed by atoms with van der Waals surface area (Å²) in [7, 11) is 0. The minimum atomic E-state index is -0.866. The van der Waals surface area contributed by atoms with E-state index < -0.39 is 17.7 Å². The maximum absolute atomic E-state index is 11.7. The third-order valence-corrected chi connectivity index (χ3v) is 2.61. The number of carbonyl (C=O) groups is 1. The average Bonchev–Trinajstić information content (AvgIpc) is 2.34. The number of aryl methyl sites for hydroxylation is 1. The zero-order valence-electron chi connectivity index (χ0n) is 11.8. The van der Waals surface area contributed by atoms with Crippen molar-refractivity contribution in [3.63, 3.8) is 0 Å². The van der Waals surface area contributed by atoms with Gasteiger partial charge in [-0.2, -0.15) is 0 Å². The van der Waals surface area contributed by atoms with Gasteiger partial charge in [0.2, 0.25) is 0 Å². The van der Waals surface area contributed by atoms with E-state index in [-0.39, 0.29) is 5.57 Å². The van der Waals surface area contributed by atoms with Crippen LogP contribution in [0.15, 0.2) is 42.5 Å². The fraction of sp³-hybridized carbons (Fsp3) is 0.438. The molecule has 19 heavy (non-hydrogen) atoms. The summed E-state index contributed by atoms with van der Waals surface area (Å²) in [6.07, 6.45) is 0.293. The van der Waals surface area contributed by atoms with Gasteiger partial charge in [0.1, 0.15) is 5.60 Å². The number of carbonyl (C=O) groups excluding carboxylic acids is 1. The second kappa shape index (κ2) is 6.53. The molecule has 1 N–H and O–H groups in total. The van der Waals surface area contributed by atoms with Crippen molar-refractivity contribution < 1.29 is 14.6 Å². The lowest BCUT2D eigenvalue weighted by Gasteiger charge is -2.21. The largest absolute Gasteiger partial charge is 0.457 e. The highest BCUT2D eigenvalue weighted by Gasteiger charge is 2.22. The SMILES string of the molecule is C=C(C(=O)OC(C)(C)C)C(O)CCc1ccccc1. The molecule has 1 aromatic carbocycles. The molecule has 3 nitrogen and oxygen atoms in total. The predicted molar refractivity (Wildman–Crippen MR) is 75.8 cm³/mol. The van der Waals surface area contributed by atoms with Crippen molar-refractivity contribution in [3.05, 3.63) is 48.0 Å². The molecule has 104 valence electrons. The first-order valence-corrected chi connectivity index (χ1v) is 6.44. The highest BCUT2D eigenvalue weighted by atomic mass is 16.6. The number of aliphatic hydroxyl groups excluding tert-OH is 1. The number of hydrogen-bond donors (Lipinski definition) is 1. The summed E-state index contributed by atoms with van der Waals surface area (Å²) >= 11 is 0. The van der Waals surface area contributed by atoms with Crippen LogP contribution in [0.5, 0.6) is 0 Å². The van der Waals surface area contributed by atoms with E-state index in [1.54, 1.807) is 20.8 Å². The van der Waals surface area contributed by atoms with Crippen LogP contribution in [0.2, 0.25) is 0 Å². The smallest absolute Gasteiger partial charge is 0.336 e. The van der Waals surface area contributed by atoms with E-state index in [9.17, 15) is 9.90 Å². The Bertz CT molecular complexity index is 429. The molecular weight excluding hydrogens is 240 g/mol. The molecule has 0 saturated heterocycles. The Morgan fingerprint density at radius 2 is 1.89 bits per heavy atom. The lowest BCUT2D eigenvalue weighted by atomic mass is 10.0. The van der Waals surface area contributed by atoms with Gasteiger partial charge in [-0.1, -0.05) is 36.9 Å². The summed E-state index contributed by atoms with van der Waals surface area (Å²) in [6, 6.07) is 9.82. The van der Waals surface area contributed by atoms with Crippen molar-refractivity contribution in [2.45, 2.75) is 45.3 Å². The maximum atomic E-state index is 11.7. The normalized spacial score (nSPS) is 12.8. The zero-order valence-corrected chi connectivity index (χ0v) is 11.8. The summed E-state index contributed by atoms with van der Waals surface area (Å²) in [5.41, 5.74) is 0.670. The highest BCUT2D eigenvalue weighted by Crippen LogP contribution is 2.15. The van der Waals surface area contributed by atoms with Crippen molar-refractivity contribution in [2.24, 2.45) is 0 Å². The van der Waals surface area contributed by atoms with E-state index in [4.69, 9.17) is 4.74 Å². The predicted octanol–water partition coefficient (Wildman–Crippen LogP) is 2.88. The Labute approximate surface area is 114 Å². The molecule has 1 aromatic rings. The van der Waals surface area contributed by atoms with Gasteiger partial charge in [-0.05, 0) is 39.2 Å². The van der Waals surface area contributed by atoms with Gasteiger partial charge in [-0.3, -0.25) is 0 Å². The molecule has 0 fully saturated rings. The van der Waals surface area contributed by atoms with Gasteiger partial charge < -0.3 is 9.84 Å². The fourth-order valence-corrected chi connectivity index (χ4v) is 1.60. The first-order valence-electron chi connectivity index (χ1n) is 6.44. The van der Waals surface area contributed by atoms with Gasteiger partial charge in [0.15, 0.2) is 0 Å². The first kappa shape index (κ1) is 15.4. The molecule has 0 aliphatic carbocycles. The lowest BCUT2D eigenvalue weighted by molar-refractivity contribution is -0.151. The molecule has 1 rings (SSSR count). The summed E-state index contributed by atoms with van der Waals surface area (Å²) in [5, 5.41) is 9.95. The van der Waals surface area contributed by atoms with Crippen molar-refractivity contribution >= 4 is 5.97 Å². The van der Waals surface area contributed by atoms with E-state index in [2.05, 4.69) is 6.58 Å². The second-order valence-corrected chi connectivity index (χ2v) is 5.57. The van der Waals surface area contributed by atoms with Gasteiger partial charge >= 0.3 is 5.97 Å². The van der Waals surface area contributed by atoms with Crippen LogP contribution >= 0.6 is 0 Å². The third-order valence-electron chi connectivity index (χ3n) is 2.61. The Balaban J connectivity index is 2.47. The van der Waals surface area contributed by atoms with E-state index in [0.717, 1.165) is 5.56 Å². The maximum Gasteiger partial charge on any atom is 0.336 e. The van der Waals surface area contributed by atoms with E-state index in [1.807, 2.05) is 30.3 Å². The fourth-order valence-electron chi connectivity index (χ4n) is 1.60. The summed E-state index contributed by atoms with van der Waals surface area (Å²) in [5.74, 6) is -0.534. The summed E-state index contributed by atoms with van der Waals surface area (Å²) in [4.78, 5) is 11.7. The Kier molecular flexibility index (Phi) is 5.31. The molecule has 0 aliphatic heterocycles. The minimum absolute atomic E-state index is 0.117. The first-order chi connectivity index (χ1) is 8.79. The van der Waals surface area contributed by atoms with Crippen LogP contribution in [0, 0.1) is 0 Å². The van der Waals surface area contributed by atoms with Crippen molar-refractivity contribution in [2.75, 3.05) is 0 Å². The zero-order chi connectivity index (χ0) is 14.5. The van der Waals surface area contributed by atoms with Crippen LogP contribution in [0.25, 0.3) is 0 Å². The summed E-state index contributed by atoms with van der Waals surface area (Å²) < 4.78 is 5.17. The molecule has 0 spiro atoms. The van der Waals surface area contributed by atoms with Gasteiger partial charge in [0.05, 0.1) is 11.7 Å². The van der Waals surface area contributed by atoms with Gasteiger partial charge in [0.25, 0.3) is 0 Å².